The lowest BCUT2D eigenvalue weighted by atomic mass is 9.95. The van der Waals surface area contributed by atoms with Crippen molar-refractivity contribution >= 4 is 10.9 Å². The summed E-state index contributed by atoms with van der Waals surface area (Å²) in [5, 5.41) is 13.6. The SMILES string of the molecule is COc1ccc2[nH]c3c(c2c1)CC[NH2+][C@@H]3c1c(O)n(C)c(=O)n(C)c1=O. The Morgan fingerprint density at radius 2 is 2.04 bits per heavy atom. The number of benzene rings is 1. The van der Waals surface area contributed by atoms with Crippen molar-refractivity contribution in [2.24, 2.45) is 14.1 Å². The van der Waals surface area contributed by atoms with E-state index in [1.807, 2.05) is 23.5 Å². The first-order chi connectivity index (χ1) is 12.4. The lowest BCUT2D eigenvalue weighted by Crippen LogP contribution is -2.88. The molecule has 0 amide bonds. The molecule has 3 heterocycles. The summed E-state index contributed by atoms with van der Waals surface area (Å²) in [7, 11) is 4.51. The molecule has 3 aromatic rings. The number of nitrogens with one attached hydrogen (secondary N) is 1. The number of H-pyrrole nitrogens is 1. The Kier molecular flexibility index (Phi) is 3.66. The van der Waals surface area contributed by atoms with E-state index in [2.05, 4.69) is 4.98 Å². The molecular formula is C18H21N4O4+. The number of methoxy groups -OCH3 is 1. The monoisotopic (exact) mass is 357 g/mol. The highest BCUT2D eigenvalue weighted by molar-refractivity contribution is 5.86. The Morgan fingerprint density at radius 1 is 1.27 bits per heavy atom. The number of nitrogens with two attached hydrogens (primary N) is 1. The molecule has 8 heteroatoms. The van der Waals surface area contributed by atoms with Crippen LogP contribution < -0.4 is 21.3 Å². The molecule has 0 radical (unpaired) electrons. The predicted molar refractivity (Wildman–Crippen MR) is 95.8 cm³/mol. The van der Waals surface area contributed by atoms with Gasteiger partial charge in [-0.2, -0.15) is 0 Å². The normalized spacial score (nSPS) is 16.7. The Hall–Kier alpha value is -3.00. The van der Waals surface area contributed by atoms with Gasteiger partial charge in [0.25, 0.3) is 5.56 Å². The lowest BCUT2D eigenvalue weighted by molar-refractivity contribution is -0.690. The van der Waals surface area contributed by atoms with Crippen LogP contribution in [0.5, 0.6) is 11.6 Å². The van der Waals surface area contributed by atoms with Gasteiger partial charge in [0, 0.05) is 31.4 Å². The summed E-state index contributed by atoms with van der Waals surface area (Å²) >= 11 is 0. The second kappa shape index (κ2) is 5.77. The molecule has 0 unspecified atom stereocenters. The molecule has 4 N–H and O–H groups in total. The van der Waals surface area contributed by atoms with Crippen LogP contribution in [-0.2, 0) is 20.5 Å². The fourth-order valence-electron chi connectivity index (χ4n) is 3.82. The van der Waals surface area contributed by atoms with Gasteiger partial charge >= 0.3 is 5.69 Å². The minimum atomic E-state index is -0.548. The molecule has 136 valence electrons. The first kappa shape index (κ1) is 16.5. The third-order valence-corrected chi connectivity index (χ3v) is 5.23. The molecule has 8 nitrogen and oxygen atoms in total. The van der Waals surface area contributed by atoms with Gasteiger partial charge in [0.1, 0.15) is 11.3 Å². The molecule has 0 saturated heterocycles. The Labute approximate surface area is 148 Å². The summed E-state index contributed by atoms with van der Waals surface area (Å²) in [4.78, 5) is 28.1. The van der Waals surface area contributed by atoms with E-state index < -0.39 is 17.3 Å². The Balaban J connectivity index is 1.98. The highest BCUT2D eigenvalue weighted by Crippen LogP contribution is 2.33. The van der Waals surface area contributed by atoms with Crippen LogP contribution >= 0.6 is 0 Å². The Bertz CT molecular complexity index is 1140. The number of fused-ring (bicyclic) bond motifs is 3. The highest BCUT2D eigenvalue weighted by atomic mass is 16.5. The van der Waals surface area contributed by atoms with E-state index in [1.165, 1.54) is 14.1 Å². The maximum absolute atomic E-state index is 12.7. The van der Waals surface area contributed by atoms with E-state index in [9.17, 15) is 14.7 Å². The van der Waals surface area contributed by atoms with Gasteiger partial charge in [-0.05, 0) is 23.8 Å². The van der Waals surface area contributed by atoms with E-state index >= 15 is 0 Å². The fraction of sp³-hybridized carbons (Fsp3) is 0.333. The third-order valence-electron chi connectivity index (χ3n) is 5.23. The van der Waals surface area contributed by atoms with E-state index in [4.69, 9.17) is 4.74 Å². The minimum Gasteiger partial charge on any atom is -0.497 e. The number of nitrogens with zero attached hydrogens (tertiary/aromatic N) is 2. The molecule has 0 aliphatic carbocycles. The Morgan fingerprint density at radius 3 is 2.77 bits per heavy atom. The van der Waals surface area contributed by atoms with Crippen molar-refractivity contribution in [3.05, 3.63) is 55.9 Å². The maximum Gasteiger partial charge on any atom is 0.333 e. The zero-order valence-electron chi connectivity index (χ0n) is 14.9. The topological polar surface area (TPSA) is 106 Å². The zero-order valence-corrected chi connectivity index (χ0v) is 14.9. The van der Waals surface area contributed by atoms with Gasteiger partial charge in [-0.25, -0.2) is 4.79 Å². The molecule has 2 aromatic heterocycles. The highest BCUT2D eigenvalue weighted by Gasteiger charge is 2.34. The van der Waals surface area contributed by atoms with Crippen LogP contribution in [0, 0.1) is 0 Å². The van der Waals surface area contributed by atoms with E-state index in [0.717, 1.165) is 50.0 Å². The molecule has 0 saturated carbocycles. The first-order valence-corrected chi connectivity index (χ1v) is 8.44. The van der Waals surface area contributed by atoms with E-state index in [1.54, 1.807) is 7.11 Å². The van der Waals surface area contributed by atoms with Gasteiger partial charge < -0.3 is 20.1 Å². The number of rotatable bonds is 2. The molecule has 0 bridgehead atoms. The average molecular weight is 357 g/mol. The number of hydrogen-bond donors (Lipinski definition) is 3. The number of aromatic hydroxyl groups is 1. The summed E-state index contributed by atoms with van der Waals surface area (Å²) in [6.07, 6.45) is 0.839. The molecule has 0 fully saturated rings. The van der Waals surface area contributed by atoms with Crippen LogP contribution in [0.2, 0.25) is 0 Å². The molecule has 1 aliphatic rings. The number of aromatic nitrogens is 3. The summed E-state index contributed by atoms with van der Waals surface area (Å²) < 4.78 is 7.46. The van der Waals surface area contributed by atoms with E-state index in [-0.39, 0.29) is 11.4 Å². The number of hydrogen-bond acceptors (Lipinski definition) is 4. The van der Waals surface area contributed by atoms with Crippen LogP contribution in [0.1, 0.15) is 22.9 Å². The van der Waals surface area contributed by atoms with Crippen molar-refractivity contribution in [2.45, 2.75) is 12.5 Å². The average Bonchev–Trinajstić information content (AvgIpc) is 3.03. The summed E-state index contributed by atoms with van der Waals surface area (Å²) in [5.74, 6) is 0.481. The van der Waals surface area contributed by atoms with Crippen LogP contribution in [-0.4, -0.2) is 32.9 Å². The van der Waals surface area contributed by atoms with Gasteiger partial charge in [0.05, 0.1) is 19.3 Å². The smallest absolute Gasteiger partial charge is 0.333 e. The second-order valence-corrected chi connectivity index (χ2v) is 6.62. The number of aromatic amines is 1. The molecule has 26 heavy (non-hydrogen) atoms. The summed E-state index contributed by atoms with van der Waals surface area (Å²) in [6, 6.07) is 5.40. The van der Waals surface area contributed by atoms with Gasteiger partial charge in [0.15, 0.2) is 6.04 Å². The van der Waals surface area contributed by atoms with Crippen LogP contribution in [0.3, 0.4) is 0 Å². The van der Waals surface area contributed by atoms with Crippen molar-refractivity contribution in [1.29, 1.82) is 0 Å². The maximum atomic E-state index is 12.7. The van der Waals surface area contributed by atoms with E-state index in [0.29, 0.717) is 0 Å². The fourth-order valence-corrected chi connectivity index (χ4v) is 3.82. The van der Waals surface area contributed by atoms with Crippen LogP contribution in [0.15, 0.2) is 27.8 Å². The summed E-state index contributed by atoms with van der Waals surface area (Å²) in [6.45, 7) is 0.771. The van der Waals surface area contributed by atoms with Crippen molar-refractivity contribution < 1.29 is 15.2 Å². The third kappa shape index (κ3) is 2.19. The van der Waals surface area contributed by atoms with Crippen molar-refractivity contribution in [3.63, 3.8) is 0 Å². The molecular weight excluding hydrogens is 336 g/mol. The first-order valence-electron chi connectivity index (χ1n) is 8.44. The zero-order chi connectivity index (χ0) is 18.6. The molecule has 1 atom stereocenters. The number of quaternary nitrogens is 1. The lowest BCUT2D eigenvalue weighted by Gasteiger charge is -2.22. The van der Waals surface area contributed by atoms with Crippen LogP contribution in [0.25, 0.3) is 10.9 Å². The second-order valence-electron chi connectivity index (χ2n) is 6.62. The van der Waals surface area contributed by atoms with Gasteiger partial charge in [-0.15, -0.1) is 0 Å². The molecule has 0 spiro atoms. The van der Waals surface area contributed by atoms with Crippen molar-refractivity contribution in [1.82, 2.24) is 14.1 Å². The molecule has 1 aliphatic heterocycles. The number of ether oxygens (including phenoxy) is 1. The predicted octanol–water partition coefficient (Wildman–Crippen LogP) is -0.512. The quantitative estimate of drug-likeness (QED) is 0.574. The summed E-state index contributed by atoms with van der Waals surface area (Å²) in [5.41, 5.74) is 2.14. The molecule has 1 aromatic carbocycles. The molecule has 4 rings (SSSR count). The largest absolute Gasteiger partial charge is 0.497 e. The van der Waals surface area contributed by atoms with Crippen molar-refractivity contribution in [2.75, 3.05) is 13.7 Å². The van der Waals surface area contributed by atoms with Gasteiger partial charge in [-0.1, -0.05) is 0 Å². The minimum absolute atomic E-state index is 0.217. The van der Waals surface area contributed by atoms with Crippen LogP contribution in [0.4, 0.5) is 0 Å². The van der Waals surface area contributed by atoms with Gasteiger partial charge in [0.2, 0.25) is 5.88 Å². The van der Waals surface area contributed by atoms with Crippen molar-refractivity contribution in [3.8, 4) is 11.6 Å². The standard InChI is InChI=1S/C18H20N4O4/c1-21-16(23)13(17(24)22(2)18(21)25)15-14-10(6-7-19-15)11-8-9(26-3)4-5-12(11)20-14/h4-5,8,15,19-20,23H,6-7H2,1-3H3/p+1/t15-/m1/s1. The van der Waals surface area contributed by atoms with Gasteiger partial charge in [-0.3, -0.25) is 13.9 Å².